The van der Waals surface area contributed by atoms with Crippen LogP contribution in [0.15, 0.2) is 30.5 Å². The molecule has 2 aromatic rings. The Morgan fingerprint density at radius 3 is 3.05 bits per heavy atom. The Bertz CT molecular complexity index is 590. The maximum Gasteiger partial charge on any atom is 0.224 e. The Kier molecular flexibility index (Phi) is 3.25. The molecule has 0 spiro atoms. The fourth-order valence-corrected chi connectivity index (χ4v) is 2.73. The van der Waals surface area contributed by atoms with E-state index in [1.807, 2.05) is 23.2 Å². The number of hydrogen-bond donors (Lipinski definition) is 2. The number of nitrogens with two attached hydrogens (primary N) is 1. The van der Waals surface area contributed by atoms with Gasteiger partial charge < -0.3 is 15.6 Å². The van der Waals surface area contributed by atoms with E-state index in [0.29, 0.717) is 6.42 Å². The van der Waals surface area contributed by atoms with Crippen LogP contribution in [0.3, 0.4) is 0 Å². The van der Waals surface area contributed by atoms with Gasteiger partial charge >= 0.3 is 0 Å². The van der Waals surface area contributed by atoms with Gasteiger partial charge in [-0.3, -0.25) is 4.79 Å². The molecule has 1 saturated heterocycles. The van der Waals surface area contributed by atoms with Crippen molar-refractivity contribution in [1.82, 2.24) is 9.88 Å². The largest absolute Gasteiger partial charge is 0.361 e. The average Bonchev–Trinajstić information content (AvgIpc) is 2.81. The highest BCUT2D eigenvalue weighted by molar-refractivity contribution is 5.83. The number of aromatic nitrogens is 1. The Labute approximate surface area is 112 Å². The Hall–Kier alpha value is -1.81. The molecule has 2 heterocycles. The minimum Gasteiger partial charge on any atom is -0.361 e. The molecule has 1 amide bonds. The number of H-pyrrole nitrogens is 1. The molecule has 3 N–H and O–H groups in total. The van der Waals surface area contributed by atoms with Gasteiger partial charge in [-0.1, -0.05) is 18.2 Å². The summed E-state index contributed by atoms with van der Waals surface area (Å²) in [4.78, 5) is 17.1. The van der Waals surface area contributed by atoms with Gasteiger partial charge in [-0.2, -0.15) is 0 Å². The topological polar surface area (TPSA) is 62.1 Å². The molecule has 1 aliphatic heterocycles. The van der Waals surface area contributed by atoms with Crippen LogP contribution in [0.2, 0.25) is 0 Å². The summed E-state index contributed by atoms with van der Waals surface area (Å²) in [5.41, 5.74) is 8.23. The molecule has 3 rings (SSSR count). The lowest BCUT2D eigenvalue weighted by molar-refractivity contribution is -0.133. The van der Waals surface area contributed by atoms with Gasteiger partial charge in [0.1, 0.15) is 0 Å². The van der Waals surface area contributed by atoms with Crippen LogP contribution in [0.4, 0.5) is 0 Å². The monoisotopic (exact) mass is 257 g/mol. The first kappa shape index (κ1) is 12.2. The van der Waals surface area contributed by atoms with Gasteiger partial charge in [0, 0.05) is 42.7 Å². The molecule has 4 nitrogen and oxygen atoms in total. The van der Waals surface area contributed by atoms with E-state index in [-0.39, 0.29) is 11.9 Å². The van der Waals surface area contributed by atoms with E-state index < -0.39 is 0 Å². The molecule has 1 atom stereocenters. The van der Waals surface area contributed by atoms with Gasteiger partial charge in [-0.15, -0.1) is 0 Å². The third-order valence-corrected chi connectivity index (χ3v) is 3.89. The first-order valence-electron chi connectivity index (χ1n) is 6.82. The number of aromatic amines is 1. The van der Waals surface area contributed by atoms with Crippen molar-refractivity contribution in [3.05, 3.63) is 36.0 Å². The SMILES string of the molecule is NC1CCN(CCc2c[nH]c3ccccc23)C(=O)C1. The van der Waals surface area contributed by atoms with E-state index in [9.17, 15) is 4.79 Å². The molecular weight excluding hydrogens is 238 g/mol. The lowest BCUT2D eigenvalue weighted by Gasteiger charge is -2.29. The second-order valence-electron chi connectivity index (χ2n) is 5.24. The maximum absolute atomic E-state index is 11.9. The van der Waals surface area contributed by atoms with E-state index >= 15 is 0 Å². The van der Waals surface area contributed by atoms with Crippen molar-refractivity contribution in [2.45, 2.75) is 25.3 Å². The highest BCUT2D eigenvalue weighted by atomic mass is 16.2. The second kappa shape index (κ2) is 5.05. The number of nitrogens with one attached hydrogen (secondary N) is 1. The molecule has 1 fully saturated rings. The van der Waals surface area contributed by atoms with Crippen molar-refractivity contribution in [2.24, 2.45) is 5.73 Å². The van der Waals surface area contributed by atoms with Crippen LogP contribution < -0.4 is 5.73 Å². The van der Waals surface area contributed by atoms with Crippen LogP contribution in [-0.2, 0) is 11.2 Å². The van der Waals surface area contributed by atoms with Gasteiger partial charge in [0.2, 0.25) is 5.91 Å². The standard InChI is InChI=1S/C15H19N3O/c16-12-6-8-18(15(19)9-12)7-5-11-10-17-14-4-2-1-3-13(11)14/h1-4,10,12,17H,5-9,16H2. The zero-order valence-corrected chi connectivity index (χ0v) is 10.9. The lowest BCUT2D eigenvalue weighted by Crippen LogP contribution is -2.44. The van der Waals surface area contributed by atoms with E-state index in [0.717, 1.165) is 31.4 Å². The summed E-state index contributed by atoms with van der Waals surface area (Å²) in [5, 5.41) is 1.25. The van der Waals surface area contributed by atoms with Crippen molar-refractivity contribution in [3.63, 3.8) is 0 Å². The molecule has 4 heteroatoms. The van der Waals surface area contributed by atoms with Crippen LogP contribution in [0.1, 0.15) is 18.4 Å². The van der Waals surface area contributed by atoms with Gasteiger partial charge in [-0.25, -0.2) is 0 Å². The molecule has 19 heavy (non-hydrogen) atoms. The fourth-order valence-electron chi connectivity index (χ4n) is 2.73. The van der Waals surface area contributed by atoms with Crippen molar-refractivity contribution in [2.75, 3.05) is 13.1 Å². The van der Waals surface area contributed by atoms with Crippen molar-refractivity contribution in [1.29, 1.82) is 0 Å². The summed E-state index contributed by atoms with van der Waals surface area (Å²) in [6.07, 6.45) is 4.35. The third kappa shape index (κ3) is 2.49. The summed E-state index contributed by atoms with van der Waals surface area (Å²) in [6, 6.07) is 8.32. The molecule has 1 aromatic heterocycles. The van der Waals surface area contributed by atoms with E-state index in [2.05, 4.69) is 17.1 Å². The first-order chi connectivity index (χ1) is 9.24. The third-order valence-electron chi connectivity index (χ3n) is 3.89. The predicted octanol–water partition coefficient (Wildman–Crippen LogP) is 1.66. The quantitative estimate of drug-likeness (QED) is 0.878. The van der Waals surface area contributed by atoms with E-state index in [1.54, 1.807) is 0 Å². The summed E-state index contributed by atoms with van der Waals surface area (Å²) in [7, 11) is 0. The highest BCUT2D eigenvalue weighted by Crippen LogP contribution is 2.19. The van der Waals surface area contributed by atoms with Crippen LogP contribution in [-0.4, -0.2) is 34.9 Å². The Morgan fingerprint density at radius 1 is 1.37 bits per heavy atom. The molecule has 0 aliphatic carbocycles. The summed E-state index contributed by atoms with van der Waals surface area (Å²) >= 11 is 0. The number of carbonyl (C=O) groups is 1. The molecule has 0 bridgehead atoms. The number of likely N-dealkylation sites (tertiary alicyclic amines) is 1. The Balaban J connectivity index is 1.68. The van der Waals surface area contributed by atoms with Crippen LogP contribution in [0.25, 0.3) is 10.9 Å². The molecule has 1 aliphatic rings. The van der Waals surface area contributed by atoms with Gasteiger partial charge in [-0.05, 0) is 24.5 Å². The number of amides is 1. The molecular formula is C15H19N3O. The second-order valence-corrected chi connectivity index (χ2v) is 5.24. The zero-order chi connectivity index (χ0) is 13.2. The fraction of sp³-hybridized carbons (Fsp3) is 0.400. The molecule has 1 unspecified atom stereocenters. The number of rotatable bonds is 3. The number of carbonyl (C=O) groups excluding carboxylic acids is 1. The van der Waals surface area contributed by atoms with Crippen molar-refractivity contribution >= 4 is 16.8 Å². The Morgan fingerprint density at radius 2 is 2.21 bits per heavy atom. The smallest absolute Gasteiger partial charge is 0.224 e. The number of hydrogen-bond acceptors (Lipinski definition) is 2. The van der Waals surface area contributed by atoms with Crippen LogP contribution in [0, 0.1) is 0 Å². The molecule has 0 saturated carbocycles. The average molecular weight is 257 g/mol. The summed E-state index contributed by atoms with van der Waals surface area (Å²) in [5.74, 6) is 0.193. The number of nitrogens with zero attached hydrogens (tertiary/aromatic N) is 1. The van der Waals surface area contributed by atoms with E-state index in [1.165, 1.54) is 10.9 Å². The van der Waals surface area contributed by atoms with Crippen molar-refractivity contribution < 1.29 is 4.79 Å². The van der Waals surface area contributed by atoms with Gasteiger partial charge in [0.05, 0.1) is 0 Å². The number of fused-ring (bicyclic) bond motifs is 1. The van der Waals surface area contributed by atoms with Crippen LogP contribution >= 0.6 is 0 Å². The normalized spacial score (nSPS) is 20.2. The maximum atomic E-state index is 11.9. The van der Waals surface area contributed by atoms with Gasteiger partial charge in [0.15, 0.2) is 0 Å². The lowest BCUT2D eigenvalue weighted by atomic mass is 10.0. The minimum absolute atomic E-state index is 0.0526. The number of piperidine rings is 1. The van der Waals surface area contributed by atoms with Crippen molar-refractivity contribution in [3.8, 4) is 0 Å². The number of benzene rings is 1. The molecule has 0 radical (unpaired) electrons. The molecule has 1 aromatic carbocycles. The zero-order valence-electron chi connectivity index (χ0n) is 10.9. The predicted molar refractivity (Wildman–Crippen MR) is 75.8 cm³/mol. The summed E-state index contributed by atoms with van der Waals surface area (Å²) < 4.78 is 0. The van der Waals surface area contributed by atoms with Crippen LogP contribution in [0.5, 0.6) is 0 Å². The van der Waals surface area contributed by atoms with E-state index in [4.69, 9.17) is 5.73 Å². The highest BCUT2D eigenvalue weighted by Gasteiger charge is 2.22. The molecule has 100 valence electrons. The number of para-hydroxylation sites is 1. The van der Waals surface area contributed by atoms with Gasteiger partial charge in [0.25, 0.3) is 0 Å². The first-order valence-corrected chi connectivity index (χ1v) is 6.82. The summed E-state index contributed by atoms with van der Waals surface area (Å²) in [6.45, 7) is 1.58. The minimum atomic E-state index is 0.0526.